The summed E-state index contributed by atoms with van der Waals surface area (Å²) in [5, 5.41) is 0.847. The fraction of sp³-hybridized carbons (Fsp3) is 0.0870. The highest BCUT2D eigenvalue weighted by Gasteiger charge is 2.18. The van der Waals surface area contributed by atoms with E-state index in [1.165, 1.54) is 0 Å². The molecule has 1 aromatic heterocycles. The number of fused-ring (bicyclic) bond motifs is 1. The molecular weight excluding hydrogens is 340 g/mol. The Labute approximate surface area is 156 Å². The highest BCUT2D eigenvalue weighted by molar-refractivity contribution is 6.01. The Hall–Kier alpha value is -3.53. The van der Waals surface area contributed by atoms with E-state index in [1.54, 1.807) is 20.3 Å². The summed E-state index contributed by atoms with van der Waals surface area (Å²) in [6.45, 7) is 0. The third-order valence-corrected chi connectivity index (χ3v) is 4.56. The SMILES string of the molecule is COc1ccc(-c2c(-c3ccccc3)c(=O)oc3cc(OC)ccc23)cc1. The number of hydrogen-bond acceptors (Lipinski definition) is 4. The van der Waals surface area contributed by atoms with Crippen LogP contribution in [0, 0.1) is 0 Å². The molecule has 0 aliphatic heterocycles. The van der Waals surface area contributed by atoms with Gasteiger partial charge in [-0.2, -0.15) is 0 Å². The zero-order valence-electron chi connectivity index (χ0n) is 15.1. The molecule has 0 bridgehead atoms. The largest absolute Gasteiger partial charge is 0.497 e. The van der Waals surface area contributed by atoms with Crippen LogP contribution in [0.2, 0.25) is 0 Å². The molecule has 0 fully saturated rings. The maximum Gasteiger partial charge on any atom is 0.344 e. The van der Waals surface area contributed by atoms with Crippen molar-refractivity contribution >= 4 is 11.0 Å². The highest BCUT2D eigenvalue weighted by atomic mass is 16.5. The van der Waals surface area contributed by atoms with Gasteiger partial charge in [0.25, 0.3) is 0 Å². The summed E-state index contributed by atoms with van der Waals surface area (Å²) in [6, 6.07) is 22.7. The molecule has 0 atom stereocenters. The molecule has 0 amide bonds. The van der Waals surface area contributed by atoms with Crippen LogP contribution in [0.25, 0.3) is 33.2 Å². The third kappa shape index (κ3) is 3.06. The molecule has 0 aliphatic rings. The molecular formula is C23H18O4. The Balaban J connectivity index is 2.09. The summed E-state index contributed by atoms with van der Waals surface area (Å²) < 4.78 is 16.2. The second-order valence-corrected chi connectivity index (χ2v) is 6.10. The molecule has 134 valence electrons. The van der Waals surface area contributed by atoms with Crippen molar-refractivity contribution in [3.63, 3.8) is 0 Å². The van der Waals surface area contributed by atoms with Gasteiger partial charge in [0.2, 0.25) is 0 Å². The van der Waals surface area contributed by atoms with Crippen LogP contribution < -0.4 is 15.1 Å². The maximum absolute atomic E-state index is 12.9. The fourth-order valence-electron chi connectivity index (χ4n) is 3.23. The highest BCUT2D eigenvalue weighted by Crippen LogP contribution is 2.37. The van der Waals surface area contributed by atoms with E-state index in [0.717, 1.165) is 27.8 Å². The van der Waals surface area contributed by atoms with Crippen molar-refractivity contribution < 1.29 is 13.9 Å². The van der Waals surface area contributed by atoms with Crippen LogP contribution in [0.15, 0.2) is 82.0 Å². The number of hydrogen-bond donors (Lipinski definition) is 0. The predicted molar refractivity (Wildman–Crippen MR) is 106 cm³/mol. The van der Waals surface area contributed by atoms with Gasteiger partial charge in [0, 0.05) is 17.0 Å². The van der Waals surface area contributed by atoms with Crippen molar-refractivity contribution in [3.8, 4) is 33.8 Å². The molecule has 0 aliphatic carbocycles. The van der Waals surface area contributed by atoms with Gasteiger partial charge in [-0.25, -0.2) is 4.79 Å². The first-order valence-electron chi connectivity index (χ1n) is 8.56. The Kier molecular flexibility index (Phi) is 4.38. The van der Waals surface area contributed by atoms with E-state index in [0.29, 0.717) is 16.9 Å². The Morgan fingerprint density at radius 1 is 0.704 bits per heavy atom. The van der Waals surface area contributed by atoms with Gasteiger partial charge in [-0.15, -0.1) is 0 Å². The summed E-state index contributed by atoms with van der Waals surface area (Å²) in [5.41, 5.74) is 3.21. The molecule has 4 rings (SSSR count). The smallest absolute Gasteiger partial charge is 0.344 e. The van der Waals surface area contributed by atoms with Crippen LogP contribution in [0.1, 0.15) is 0 Å². The lowest BCUT2D eigenvalue weighted by atomic mass is 9.93. The van der Waals surface area contributed by atoms with Crippen LogP contribution in [0.3, 0.4) is 0 Å². The Bertz CT molecular complexity index is 1140. The van der Waals surface area contributed by atoms with E-state index in [-0.39, 0.29) is 5.63 Å². The summed E-state index contributed by atoms with van der Waals surface area (Å²) in [4.78, 5) is 12.9. The topological polar surface area (TPSA) is 48.7 Å². The summed E-state index contributed by atoms with van der Waals surface area (Å²) in [5.74, 6) is 1.40. The van der Waals surface area contributed by atoms with E-state index in [1.807, 2.05) is 66.7 Å². The quantitative estimate of drug-likeness (QED) is 0.474. The molecule has 4 heteroatoms. The lowest BCUT2D eigenvalue weighted by Crippen LogP contribution is -2.06. The molecule has 0 radical (unpaired) electrons. The van der Waals surface area contributed by atoms with Crippen LogP contribution in [0.5, 0.6) is 11.5 Å². The van der Waals surface area contributed by atoms with Crippen molar-refractivity contribution in [1.82, 2.24) is 0 Å². The normalized spacial score (nSPS) is 10.7. The average Bonchev–Trinajstić information content (AvgIpc) is 2.73. The molecule has 0 spiro atoms. The van der Waals surface area contributed by atoms with Gasteiger partial charge in [0.15, 0.2) is 0 Å². The monoisotopic (exact) mass is 358 g/mol. The van der Waals surface area contributed by atoms with E-state index < -0.39 is 0 Å². The zero-order valence-corrected chi connectivity index (χ0v) is 15.1. The molecule has 0 N–H and O–H groups in total. The van der Waals surface area contributed by atoms with E-state index in [4.69, 9.17) is 13.9 Å². The first-order valence-corrected chi connectivity index (χ1v) is 8.56. The lowest BCUT2D eigenvalue weighted by Gasteiger charge is -2.13. The van der Waals surface area contributed by atoms with Crippen LogP contribution >= 0.6 is 0 Å². The third-order valence-electron chi connectivity index (χ3n) is 4.56. The first kappa shape index (κ1) is 16.9. The molecule has 0 saturated heterocycles. The standard InChI is InChI=1S/C23H18O4/c1-25-17-10-8-16(9-11-17)21-19-13-12-18(26-2)14-20(19)27-23(24)22(21)15-6-4-3-5-7-15/h3-14H,1-2H3. The van der Waals surface area contributed by atoms with Crippen molar-refractivity contribution in [2.45, 2.75) is 0 Å². The molecule has 1 heterocycles. The summed E-state index contributed by atoms with van der Waals surface area (Å²) in [7, 11) is 3.21. The molecule has 27 heavy (non-hydrogen) atoms. The van der Waals surface area contributed by atoms with Crippen molar-refractivity contribution in [3.05, 3.63) is 83.2 Å². The fourth-order valence-corrected chi connectivity index (χ4v) is 3.23. The summed E-state index contributed by atoms with van der Waals surface area (Å²) in [6.07, 6.45) is 0. The van der Waals surface area contributed by atoms with Crippen LogP contribution in [-0.4, -0.2) is 14.2 Å². The minimum absolute atomic E-state index is 0.382. The second-order valence-electron chi connectivity index (χ2n) is 6.10. The Morgan fingerprint density at radius 2 is 1.33 bits per heavy atom. The first-order chi connectivity index (χ1) is 13.2. The zero-order chi connectivity index (χ0) is 18.8. The predicted octanol–water partition coefficient (Wildman–Crippen LogP) is 5.14. The molecule has 4 nitrogen and oxygen atoms in total. The van der Waals surface area contributed by atoms with Crippen LogP contribution in [0.4, 0.5) is 0 Å². The second kappa shape index (κ2) is 7.00. The number of rotatable bonds is 4. The number of ether oxygens (including phenoxy) is 2. The Morgan fingerprint density at radius 3 is 2.00 bits per heavy atom. The minimum atomic E-state index is -0.382. The van der Waals surface area contributed by atoms with Gasteiger partial charge in [0.1, 0.15) is 17.1 Å². The summed E-state index contributed by atoms with van der Waals surface area (Å²) >= 11 is 0. The maximum atomic E-state index is 12.9. The van der Waals surface area contributed by atoms with Gasteiger partial charge in [-0.05, 0) is 35.4 Å². The van der Waals surface area contributed by atoms with Gasteiger partial charge in [-0.1, -0.05) is 42.5 Å². The van der Waals surface area contributed by atoms with Crippen LogP contribution in [-0.2, 0) is 0 Å². The van der Waals surface area contributed by atoms with Gasteiger partial charge >= 0.3 is 5.63 Å². The van der Waals surface area contributed by atoms with Crippen molar-refractivity contribution in [2.75, 3.05) is 14.2 Å². The molecule has 3 aromatic carbocycles. The van der Waals surface area contributed by atoms with Gasteiger partial charge in [-0.3, -0.25) is 0 Å². The van der Waals surface area contributed by atoms with E-state index in [9.17, 15) is 4.79 Å². The van der Waals surface area contributed by atoms with Crippen molar-refractivity contribution in [1.29, 1.82) is 0 Å². The molecule has 0 saturated carbocycles. The lowest BCUT2D eigenvalue weighted by molar-refractivity contribution is 0.414. The molecule has 4 aromatic rings. The average molecular weight is 358 g/mol. The van der Waals surface area contributed by atoms with Crippen molar-refractivity contribution in [2.24, 2.45) is 0 Å². The number of benzene rings is 3. The van der Waals surface area contributed by atoms with Gasteiger partial charge in [0.05, 0.1) is 19.8 Å². The van der Waals surface area contributed by atoms with Gasteiger partial charge < -0.3 is 13.9 Å². The number of methoxy groups -OCH3 is 2. The van der Waals surface area contributed by atoms with E-state index in [2.05, 4.69) is 0 Å². The minimum Gasteiger partial charge on any atom is -0.497 e. The van der Waals surface area contributed by atoms with E-state index >= 15 is 0 Å². The molecule has 0 unspecified atom stereocenters.